The maximum absolute atomic E-state index is 12.8. The van der Waals surface area contributed by atoms with Crippen molar-refractivity contribution in [2.75, 3.05) is 11.9 Å². The zero-order valence-corrected chi connectivity index (χ0v) is 11.9. The molecule has 0 unspecified atom stereocenters. The van der Waals surface area contributed by atoms with Gasteiger partial charge in [-0.25, -0.2) is 9.37 Å². The molecular weight excluding hydrogens is 239 g/mol. The third-order valence-corrected chi connectivity index (χ3v) is 3.08. The second-order valence-electron chi connectivity index (χ2n) is 4.37. The van der Waals surface area contributed by atoms with E-state index in [0.717, 1.165) is 17.7 Å². The highest BCUT2D eigenvalue weighted by atomic mass is 19.1. The lowest BCUT2D eigenvalue weighted by atomic mass is 10.1. The standard InChI is InChI=1S/C16H19FN2/c1-6-12(3)14(7-2)10-13(4)19(5)16-9-8-15(17)11-18-16/h2,8-11H,6H2,1,3-5H3/b13-10-,14-12?. The first-order chi connectivity index (χ1) is 8.99. The first kappa shape index (κ1) is 15.0. The number of terminal acetylenes is 1. The molecule has 0 fully saturated rings. The molecule has 1 aromatic heterocycles. The molecule has 1 heterocycles. The Kier molecular flexibility index (Phi) is 5.32. The van der Waals surface area contributed by atoms with Crippen molar-refractivity contribution in [3.63, 3.8) is 0 Å². The number of anilines is 1. The second-order valence-corrected chi connectivity index (χ2v) is 4.37. The van der Waals surface area contributed by atoms with E-state index in [1.54, 1.807) is 6.07 Å². The second kappa shape index (κ2) is 6.75. The number of rotatable bonds is 4. The molecular formula is C16H19FN2. The summed E-state index contributed by atoms with van der Waals surface area (Å²) in [7, 11) is 1.88. The Balaban J connectivity index is 3.03. The van der Waals surface area contributed by atoms with Gasteiger partial charge < -0.3 is 4.90 Å². The van der Waals surface area contributed by atoms with E-state index in [9.17, 15) is 4.39 Å². The van der Waals surface area contributed by atoms with E-state index in [1.165, 1.54) is 17.8 Å². The molecule has 100 valence electrons. The lowest BCUT2D eigenvalue weighted by molar-refractivity contribution is 0.621. The van der Waals surface area contributed by atoms with Gasteiger partial charge in [-0.2, -0.15) is 0 Å². The fourth-order valence-electron chi connectivity index (χ4n) is 1.53. The van der Waals surface area contributed by atoms with E-state index in [1.807, 2.05) is 31.9 Å². The van der Waals surface area contributed by atoms with Crippen molar-refractivity contribution in [3.05, 3.63) is 47.1 Å². The van der Waals surface area contributed by atoms with Gasteiger partial charge in [0.2, 0.25) is 0 Å². The average molecular weight is 258 g/mol. The van der Waals surface area contributed by atoms with E-state index in [4.69, 9.17) is 6.42 Å². The summed E-state index contributed by atoms with van der Waals surface area (Å²) in [5.74, 6) is 3.03. The molecule has 19 heavy (non-hydrogen) atoms. The van der Waals surface area contributed by atoms with Crippen LogP contribution in [0.5, 0.6) is 0 Å². The molecule has 0 bridgehead atoms. The van der Waals surface area contributed by atoms with E-state index in [0.29, 0.717) is 5.82 Å². The lowest BCUT2D eigenvalue weighted by Crippen LogP contribution is -2.15. The Morgan fingerprint density at radius 3 is 2.63 bits per heavy atom. The van der Waals surface area contributed by atoms with Gasteiger partial charge >= 0.3 is 0 Å². The van der Waals surface area contributed by atoms with Crippen LogP contribution in [-0.4, -0.2) is 12.0 Å². The molecule has 2 nitrogen and oxygen atoms in total. The molecule has 0 spiro atoms. The summed E-state index contributed by atoms with van der Waals surface area (Å²) in [6.07, 6.45) is 9.59. The molecule has 3 heteroatoms. The summed E-state index contributed by atoms with van der Waals surface area (Å²) in [5.41, 5.74) is 3.01. The van der Waals surface area contributed by atoms with Crippen LogP contribution < -0.4 is 4.90 Å². The van der Waals surface area contributed by atoms with Crippen molar-refractivity contribution >= 4 is 5.82 Å². The van der Waals surface area contributed by atoms with Crippen molar-refractivity contribution in [1.82, 2.24) is 4.98 Å². The molecule has 0 N–H and O–H groups in total. The fourth-order valence-corrected chi connectivity index (χ4v) is 1.53. The average Bonchev–Trinajstić information content (AvgIpc) is 2.43. The summed E-state index contributed by atoms with van der Waals surface area (Å²) in [6, 6.07) is 3.03. The van der Waals surface area contributed by atoms with Crippen molar-refractivity contribution < 1.29 is 4.39 Å². The van der Waals surface area contributed by atoms with Crippen molar-refractivity contribution in [1.29, 1.82) is 0 Å². The molecule has 0 aliphatic rings. The number of hydrogen-bond donors (Lipinski definition) is 0. The Labute approximate surface area is 114 Å². The molecule has 0 amide bonds. The normalized spacial score (nSPS) is 12.7. The largest absolute Gasteiger partial charge is 0.333 e. The number of halogens is 1. The van der Waals surface area contributed by atoms with Crippen LogP contribution >= 0.6 is 0 Å². The maximum atomic E-state index is 12.8. The van der Waals surface area contributed by atoms with Gasteiger partial charge in [0, 0.05) is 18.3 Å². The van der Waals surface area contributed by atoms with Gasteiger partial charge in [-0.1, -0.05) is 18.4 Å². The van der Waals surface area contributed by atoms with E-state index >= 15 is 0 Å². The van der Waals surface area contributed by atoms with Gasteiger partial charge in [-0.3, -0.25) is 0 Å². The molecule has 0 aliphatic carbocycles. The number of pyridine rings is 1. The Bertz CT molecular complexity index is 533. The Hall–Kier alpha value is -2.08. The number of allylic oxidation sites excluding steroid dienone is 4. The van der Waals surface area contributed by atoms with E-state index in [2.05, 4.69) is 17.8 Å². The molecule has 0 saturated carbocycles. The molecule has 0 atom stereocenters. The maximum Gasteiger partial charge on any atom is 0.141 e. The highest BCUT2D eigenvalue weighted by Crippen LogP contribution is 2.17. The van der Waals surface area contributed by atoms with Crippen LogP contribution in [0.15, 0.2) is 41.2 Å². The zero-order valence-electron chi connectivity index (χ0n) is 11.9. The Morgan fingerprint density at radius 2 is 2.16 bits per heavy atom. The summed E-state index contributed by atoms with van der Waals surface area (Å²) in [6.45, 7) is 6.04. The minimum Gasteiger partial charge on any atom is -0.333 e. The molecule has 1 aromatic rings. The van der Waals surface area contributed by atoms with Crippen molar-refractivity contribution in [2.24, 2.45) is 0 Å². The highest BCUT2D eigenvalue weighted by molar-refractivity contribution is 5.49. The van der Waals surface area contributed by atoms with Crippen LogP contribution in [0.3, 0.4) is 0 Å². The fraction of sp³-hybridized carbons (Fsp3) is 0.312. The predicted octanol–water partition coefficient (Wildman–Crippen LogP) is 3.92. The van der Waals surface area contributed by atoms with Gasteiger partial charge in [0.05, 0.1) is 6.20 Å². The van der Waals surface area contributed by atoms with E-state index < -0.39 is 0 Å². The lowest BCUT2D eigenvalue weighted by Gasteiger charge is -2.19. The zero-order chi connectivity index (χ0) is 14.4. The van der Waals surface area contributed by atoms with Crippen LogP contribution in [-0.2, 0) is 0 Å². The van der Waals surface area contributed by atoms with Crippen LogP contribution in [0, 0.1) is 18.2 Å². The monoisotopic (exact) mass is 258 g/mol. The molecule has 0 saturated heterocycles. The van der Waals surface area contributed by atoms with Gasteiger partial charge in [-0.05, 0) is 38.5 Å². The number of hydrogen-bond acceptors (Lipinski definition) is 2. The van der Waals surface area contributed by atoms with Gasteiger partial charge in [0.1, 0.15) is 11.6 Å². The topological polar surface area (TPSA) is 16.1 Å². The molecule has 0 aliphatic heterocycles. The van der Waals surface area contributed by atoms with Gasteiger partial charge in [-0.15, -0.1) is 6.42 Å². The molecule has 0 radical (unpaired) electrons. The van der Waals surface area contributed by atoms with Gasteiger partial charge in [0.15, 0.2) is 0 Å². The molecule has 0 aromatic carbocycles. The summed E-state index contributed by atoms with van der Waals surface area (Å²) >= 11 is 0. The first-order valence-corrected chi connectivity index (χ1v) is 6.19. The Morgan fingerprint density at radius 1 is 1.47 bits per heavy atom. The van der Waals surface area contributed by atoms with Crippen LogP contribution in [0.1, 0.15) is 27.2 Å². The third-order valence-electron chi connectivity index (χ3n) is 3.08. The van der Waals surface area contributed by atoms with Crippen LogP contribution in [0.25, 0.3) is 0 Å². The van der Waals surface area contributed by atoms with Crippen LogP contribution in [0.2, 0.25) is 0 Å². The quantitative estimate of drug-likeness (QED) is 0.601. The summed E-state index contributed by atoms with van der Waals surface area (Å²) in [5, 5.41) is 0. The van der Waals surface area contributed by atoms with E-state index in [-0.39, 0.29) is 5.82 Å². The van der Waals surface area contributed by atoms with Crippen molar-refractivity contribution in [3.8, 4) is 12.3 Å². The van der Waals surface area contributed by atoms with Crippen LogP contribution in [0.4, 0.5) is 10.2 Å². The van der Waals surface area contributed by atoms with Crippen molar-refractivity contribution in [2.45, 2.75) is 27.2 Å². The summed E-state index contributed by atoms with van der Waals surface area (Å²) in [4.78, 5) is 5.91. The minimum atomic E-state index is -0.343. The first-order valence-electron chi connectivity index (χ1n) is 6.19. The predicted molar refractivity (Wildman–Crippen MR) is 78.2 cm³/mol. The minimum absolute atomic E-state index is 0.343. The SMILES string of the molecule is C#CC(/C=C(/C)N(C)c1ccc(F)cn1)=C(C)CC. The highest BCUT2D eigenvalue weighted by Gasteiger charge is 2.05. The smallest absolute Gasteiger partial charge is 0.141 e. The summed E-state index contributed by atoms with van der Waals surface area (Å²) < 4.78 is 12.8. The number of nitrogens with zero attached hydrogens (tertiary/aromatic N) is 2. The third kappa shape index (κ3) is 3.96. The van der Waals surface area contributed by atoms with Gasteiger partial charge in [0.25, 0.3) is 0 Å². The number of aromatic nitrogens is 1. The molecule has 1 rings (SSSR count).